The van der Waals surface area contributed by atoms with Crippen LogP contribution in [0.4, 0.5) is 10.8 Å². The fourth-order valence-corrected chi connectivity index (χ4v) is 2.93. The van der Waals surface area contributed by atoms with Crippen molar-refractivity contribution >= 4 is 22.2 Å². The van der Waals surface area contributed by atoms with Crippen LogP contribution in [0.3, 0.4) is 0 Å². The van der Waals surface area contributed by atoms with Crippen LogP contribution in [0.5, 0.6) is 0 Å². The van der Waals surface area contributed by atoms with Crippen molar-refractivity contribution in [2.24, 2.45) is 0 Å². The predicted octanol–water partition coefficient (Wildman–Crippen LogP) is 4.57. The monoisotopic (exact) mass is 281 g/mol. The Morgan fingerprint density at radius 1 is 1.05 bits per heavy atom. The highest BCUT2D eigenvalue weighted by molar-refractivity contribution is 7.16. The molecule has 0 atom stereocenters. The van der Waals surface area contributed by atoms with Crippen LogP contribution in [0.25, 0.3) is 11.3 Å². The largest absolute Gasteiger partial charge is 0.332 e. The van der Waals surface area contributed by atoms with E-state index in [4.69, 9.17) is 0 Å². The Labute approximate surface area is 122 Å². The van der Waals surface area contributed by atoms with Gasteiger partial charge in [-0.05, 0) is 43.7 Å². The van der Waals surface area contributed by atoms with Gasteiger partial charge in [-0.15, -0.1) is 11.3 Å². The molecule has 3 nitrogen and oxygen atoms in total. The highest BCUT2D eigenvalue weighted by atomic mass is 32.1. The molecule has 4 heteroatoms. The van der Waals surface area contributed by atoms with Crippen molar-refractivity contribution in [2.45, 2.75) is 13.8 Å². The van der Waals surface area contributed by atoms with Crippen LogP contribution in [0.1, 0.15) is 10.4 Å². The van der Waals surface area contributed by atoms with Crippen molar-refractivity contribution in [1.29, 1.82) is 0 Å². The summed E-state index contributed by atoms with van der Waals surface area (Å²) < 4.78 is 0. The van der Waals surface area contributed by atoms with E-state index in [9.17, 15) is 0 Å². The molecule has 20 heavy (non-hydrogen) atoms. The molecule has 0 aliphatic rings. The standard InChI is InChI=1S/C16H15N3S/c1-11-4-3-5-14(10-11)18-16-19-15(12(2)20-16)13-6-8-17-9-7-13/h3-10H,1-2H3,(H,18,19). The lowest BCUT2D eigenvalue weighted by atomic mass is 10.2. The number of nitrogens with zero attached hydrogens (tertiary/aromatic N) is 2. The van der Waals surface area contributed by atoms with Crippen LogP contribution in [0, 0.1) is 13.8 Å². The van der Waals surface area contributed by atoms with Crippen LogP contribution in [-0.4, -0.2) is 9.97 Å². The van der Waals surface area contributed by atoms with Gasteiger partial charge in [0.15, 0.2) is 5.13 Å². The number of aryl methyl sites for hydroxylation is 2. The van der Waals surface area contributed by atoms with Crippen LogP contribution in [0.2, 0.25) is 0 Å². The van der Waals surface area contributed by atoms with Gasteiger partial charge in [-0.3, -0.25) is 4.98 Å². The normalized spacial score (nSPS) is 10.5. The van der Waals surface area contributed by atoms with E-state index >= 15 is 0 Å². The molecule has 0 spiro atoms. The van der Waals surface area contributed by atoms with E-state index in [-0.39, 0.29) is 0 Å². The van der Waals surface area contributed by atoms with Gasteiger partial charge in [0.1, 0.15) is 0 Å². The minimum atomic E-state index is 0.917. The molecule has 0 aliphatic carbocycles. The Morgan fingerprint density at radius 3 is 2.60 bits per heavy atom. The van der Waals surface area contributed by atoms with E-state index in [1.165, 1.54) is 10.4 Å². The van der Waals surface area contributed by atoms with E-state index in [1.807, 2.05) is 18.2 Å². The number of rotatable bonds is 3. The first-order chi connectivity index (χ1) is 9.72. The van der Waals surface area contributed by atoms with Crippen molar-refractivity contribution in [3.8, 4) is 11.3 Å². The number of anilines is 2. The fraction of sp³-hybridized carbons (Fsp3) is 0.125. The van der Waals surface area contributed by atoms with Crippen molar-refractivity contribution in [2.75, 3.05) is 5.32 Å². The predicted molar refractivity (Wildman–Crippen MR) is 84.5 cm³/mol. The maximum atomic E-state index is 4.68. The zero-order chi connectivity index (χ0) is 13.9. The second-order valence-corrected chi connectivity index (χ2v) is 5.86. The second kappa shape index (κ2) is 5.43. The van der Waals surface area contributed by atoms with Gasteiger partial charge in [0, 0.05) is 28.5 Å². The molecule has 1 aromatic carbocycles. The van der Waals surface area contributed by atoms with Gasteiger partial charge >= 0.3 is 0 Å². The minimum absolute atomic E-state index is 0.917. The fourth-order valence-electron chi connectivity index (χ4n) is 2.07. The van der Waals surface area contributed by atoms with Crippen molar-refractivity contribution in [3.63, 3.8) is 0 Å². The molecular weight excluding hydrogens is 266 g/mol. The quantitative estimate of drug-likeness (QED) is 0.764. The summed E-state index contributed by atoms with van der Waals surface area (Å²) in [5.74, 6) is 0. The number of hydrogen-bond acceptors (Lipinski definition) is 4. The maximum Gasteiger partial charge on any atom is 0.187 e. The molecule has 0 aliphatic heterocycles. The first-order valence-corrected chi connectivity index (χ1v) is 7.25. The maximum absolute atomic E-state index is 4.68. The second-order valence-electron chi connectivity index (χ2n) is 4.65. The molecule has 3 rings (SSSR count). The van der Waals surface area contributed by atoms with Crippen LogP contribution in [-0.2, 0) is 0 Å². The first-order valence-electron chi connectivity index (χ1n) is 6.44. The van der Waals surface area contributed by atoms with Crippen molar-refractivity contribution < 1.29 is 0 Å². The topological polar surface area (TPSA) is 37.8 Å². The lowest BCUT2D eigenvalue weighted by molar-refractivity contribution is 1.30. The van der Waals surface area contributed by atoms with Crippen LogP contribution >= 0.6 is 11.3 Å². The molecule has 1 N–H and O–H groups in total. The van der Waals surface area contributed by atoms with E-state index in [1.54, 1.807) is 23.7 Å². The van der Waals surface area contributed by atoms with Gasteiger partial charge in [0.2, 0.25) is 0 Å². The van der Waals surface area contributed by atoms with Gasteiger partial charge in [-0.25, -0.2) is 4.98 Å². The molecular formula is C16H15N3S. The SMILES string of the molecule is Cc1cccc(Nc2nc(-c3ccncc3)c(C)s2)c1. The number of hydrogen-bond donors (Lipinski definition) is 1. The Hall–Kier alpha value is -2.20. The van der Waals surface area contributed by atoms with Gasteiger partial charge in [0.25, 0.3) is 0 Å². The van der Waals surface area contributed by atoms with Crippen molar-refractivity contribution in [1.82, 2.24) is 9.97 Å². The van der Waals surface area contributed by atoms with Gasteiger partial charge < -0.3 is 5.32 Å². The van der Waals surface area contributed by atoms with Crippen LogP contribution < -0.4 is 5.32 Å². The molecule has 100 valence electrons. The van der Waals surface area contributed by atoms with Gasteiger partial charge in [0.05, 0.1) is 5.69 Å². The van der Waals surface area contributed by atoms with Gasteiger partial charge in [-0.1, -0.05) is 12.1 Å². The smallest absolute Gasteiger partial charge is 0.187 e. The molecule has 0 saturated heterocycles. The molecule has 0 radical (unpaired) electrons. The number of aromatic nitrogens is 2. The summed E-state index contributed by atoms with van der Waals surface area (Å²) in [5.41, 5.74) is 4.43. The average Bonchev–Trinajstić information content (AvgIpc) is 2.80. The summed E-state index contributed by atoms with van der Waals surface area (Å²) in [6, 6.07) is 12.3. The van der Waals surface area contributed by atoms with Crippen LogP contribution in [0.15, 0.2) is 48.8 Å². The molecule has 0 amide bonds. The number of pyridine rings is 1. The number of thiazole rings is 1. The molecule has 0 bridgehead atoms. The molecule has 0 unspecified atom stereocenters. The average molecular weight is 281 g/mol. The zero-order valence-corrected chi connectivity index (χ0v) is 12.2. The lowest BCUT2D eigenvalue weighted by Crippen LogP contribution is -1.90. The summed E-state index contributed by atoms with van der Waals surface area (Å²) in [6.45, 7) is 4.18. The summed E-state index contributed by atoms with van der Waals surface area (Å²) in [6.07, 6.45) is 3.59. The zero-order valence-electron chi connectivity index (χ0n) is 11.4. The number of nitrogens with one attached hydrogen (secondary N) is 1. The molecule has 0 saturated carbocycles. The third-order valence-corrected chi connectivity index (χ3v) is 3.91. The Kier molecular flexibility index (Phi) is 3.48. The summed E-state index contributed by atoms with van der Waals surface area (Å²) in [4.78, 5) is 9.93. The minimum Gasteiger partial charge on any atom is -0.332 e. The summed E-state index contributed by atoms with van der Waals surface area (Å²) in [7, 11) is 0. The molecule has 3 aromatic rings. The van der Waals surface area contributed by atoms with E-state index in [0.717, 1.165) is 22.1 Å². The molecule has 2 heterocycles. The highest BCUT2D eigenvalue weighted by Gasteiger charge is 2.09. The highest BCUT2D eigenvalue weighted by Crippen LogP contribution is 2.31. The molecule has 0 fully saturated rings. The summed E-state index contributed by atoms with van der Waals surface area (Å²) in [5, 5.41) is 4.28. The Bertz CT molecular complexity index is 720. The van der Waals surface area contributed by atoms with Gasteiger partial charge in [-0.2, -0.15) is 0 Å². The summed E-state index contributed by atoms with van der Waals surface area (Å²) >= 11 is 1.67. The Morgan fingerprint density at radius 2 is 1.85 bits per heavy atom. The van der Waals surface area contributed by atoms with E-state index in [0.29, 0.717) is 0 Å². The first kappa shape index (κ1) is 12.8. The Balaban J connectivity index is 1.90. The third kappa shape index (κ3) is 2.70. The van der Waals surface area contributed by atoms with Crippen molar-refractivity contribution in [3.05, 3.63) is 59.2 Å². The van der Waals surface area contributed by atoms with E-state index < -0.39 is 0 Å². The lowest BCUT2D eigenvalue weighted by Gasteiger charge is -2.02. The van der Waals surface area contributed by atoms with E-state index in [2.05, 4.69) is 47.3 Å². The molecule has 2 aromatic heterocycles. The third-order valence-electron chi connectivity index (χ3n) is 3.02. The number of benzene rings is 1.